The normalized spacial score (nSPS) is 21.0. The minimum Gasteiger partial charge on any atom is -0.379 e. The van der Waals surface area contributed by atoms with E-state index in [0.29, 0.717) is 11.9 Å². The zero-order chi connectivity index (χ0) is 17.9. The second-order valence-electron chi connectivity index (χ2n) is 7.93. The van der Waals surface area contributed by atoms with Crippen LogP contribution in [0, 0.1) is 11.8 Å². The minimum atomic E-state index is 0. The Morgan fingerprint density at radius 1 is 1.12 bits per heavy atom. The van der Waals surface area contributed by atoms with Crippen molar-refractivity contribution in [1.29, 1.82) is 0 Å². The molecule has 0 saturated carbocycles. The highest BCUT2D eigenvalue weighted by molar-refractivity contribution is 14.0. The van der Waals surface area contributed by atoms with E-state index in [0.717, 1.165) is 58.3 Å². The van der Waals surface area contributed by atoms with Crippen molar-refractivity contribution in [3.05, 3.63) is 0 Å². The van der Waals surface area contributed by atoms with Crippen LogP contribution in [-0.4, -0.2) is 81.3 Å². The van der Waals surface area contributed by atoms with E-state index in [1.807, 2.05) is 0 Å². The summed E-state index contributed by atoms with van der Waals surface area (Å²) in [7, 11) is 0. The quantitative estimate of drug-likeness (QED) is 0.228. The topological polar surface area (TPSA) is 66.1 Å². The molecular weight excluding hydrogens is 441 g/mol. The number of likely N-dealkylation sites (tertiary alicyclic amines) is 1. The van der Waals surface area contributed by atoms with Crippen LogP contribution < -0.4 is 11.1 Å². The molecule has 2 rings (SSSR count). The molecular formula is C19H40IN5O. The van der Waals surface area contributed by atoms with E-state index in [2.05, 4.69) is 34.0 Å². The predicted octanol–water partition coefficient (Wildman–Crippen LogP) is 1.99. The van der Waals surface area contributed by atoms with Crippen LogP contribution in [0.5, 0.6) is 0 Å². The van der Waals surface area contributed by atoms with Gasteiger partial charge in [0.05, 0.1) is 13.2 Å². The molecule has 0 radical (unpaired) electrons. The van der Waals surface area contributed by atoms with Crippen molar-refractivity contribution in [3.63, 3.8) is 0 Å². The first kappa shape index (κ1) is 23.9. The van der Waals surface area contributed by atoms with Crippen LogP contribution >= 0.6 is 24.0 Å². The molecule has 2 heterocycles. The van der Waals surface area contributed by atoms with E-state index in [9.17, 15) is 0 Å². The summed E-state index contributed by atoms with van der Waals surface area (Å²) in [6.45, 7) is 15.0. The van der Waals surface area contributed by atoms with Gasteiger partial charge in [0, 0.05) is 26.2 Å². The first-order valence-electron chi connectivity index (χ1n) is 10.2. The number of nitrogens with two attached hydrogens (primary N) is 1. The Morgan fingerprint density at radius 2 is 1.77 bits per heavy atom. The first-order valence-corrected chi connectivity index (χ1v) is 10.2. The molecule has 2 aliphatic rings. The maximum Gasteiger partial charge on any atom is 0.188 e. The third-order valence-electron chi connectivity index (χ3n) is 5.31. The highest BCUT2D eigenvalue weighted by atomic mass is 127. The van der Waals surface area contributed by atoms with Crippen molar-refractivity contribution < 1.29 is 4.74 Å². The van der Waals surface area contributed by atoms with Crippen molar-refractivity contribution in [2.75, 3.05) is 65.6 Å². The molecule has 2 aliphatic heterocycles. The van der Waals surface area contributed by atoms with Crippen molar-refractivity contribution in [3.8, 4) is 0 Å². The van der Waals surface area contributed by atoms with Crippen molar-refractivity contribution in [1.82, 2.24) is 15.1 Å². The lowest BCUT2D eigenvalue weighted by atomic mass is 9.96. The number of ether oxygens (including phenoxy) is 1. The summed E-state index contributed by atoms with van der Waals surface area (Å²) < 4.78 is 5.36. The molecule has 154 valence electrons. The number of nitrogens with one attached hydrogen (secondary N) is 1. The molecule has 0 spiro atoms. The zero-order valence-electron chi connectivity index (χ0n) is 16.8. The van der Waals surface area contributed by atoms with Gasteiger partial charge in [0.25, 0.3) is 0 Å². The number of hydrogen-bond donors (Lipinski definition) is 2. The van der Waals surface area contributed by atoms with Crippen LogP contribution in [0.2, 0.25) is 0 Å². The standard InChI is InChI=1S/C19H39N5O.HI/c1-17(2)4-9-24-10-5-18(6-11-24)16-22-19(20)21-7-3-8-23-12-14-25-15-13-23;/h17-18H,3-16H2,1-2H3,(H3,20,21,22);1H. The molecule has 0 aromatic carbocycles. The van der Waals surface area contributed by atoms with E-state index in [-0.39, 0.29) is 24.0 Å². The Balaban J connectivity index is 0.00000338. The Hall–Kier alpha value is -0.120. The fourth-order valence-corrected chi connectivity index (χ4v) is 3.46. The van der Waals surface area contributed by atoms with Gasteiger partial charge < -0.3 is 20.7 Å². The van der Waals surface area contributed by atoms with Crippen LogP contribution in [0.15, 0.2) is 4.99 Å². The molecule has 2 fully saturated rings. The van der Waals surface area contributed by atoms with Crippen molar-refractivity contribution in [2.45, 2.75) is 39.5 Å². The van der Waals surface area contributed by atoms with Crippen LogP contribution in [0.25, 0.3) is 0 Å². The fourth-order valence-electron chi connectivity index (χ4n) is 3.46. The summed E-state index contributed by atoms with van der Waals surface area (Å²) in [5.41, 5.74) is 6.01. The van der Waals surface area contributed by atoms with Gasteiger partial charge in [0.1, 0.15) is 0 Å². The molecule has 2 saturated heterocycles. The van der Waals surface area contributed by atoms with Gasteiger partial charge in [0.15, 0.2) is 5.96 Å². The molecule has 0 aromatic heterocycles. The lowest BCUT2D eigenvalue weighted by Gasteiger charge is -2.31. The molecule has 0 unspecified atom stereocenters. The summed E-state index contributed by atoms with van der Waals surface area (Å²) in [6, 6.07) is 0. The van der Waals surface area contributed by atoms with Crippen LogP contribution in [0.4, 0.5) is 0 Å². The molecule has 3 N–H and O–H groups in total. The summed E-state index contributed by atoms with van der Waals surface area (Å²) >= 11 is 0. The van der Waals surface area contributed by atoms with Gasteiger partial charge in [-0.1, -0.05) is 13.8 Å². The van der Waals surface area contributed by atoms with E-state index in [4.69, 9.17) is 10.5 Å². The molecule has 6 nitrogen and oxygen atoms in total. The van der Waals surface area contributed by atoms with Crippen molar-refractivity contribution >= 4 is 29.9 Å². The van der Waals surface area contributed by atoms with Gasteiger partial charge in [-0.15, -0.1) is 24.0 Å². The average Bonchev–Trinajstić information content (AvgIpc) is 2.63. The van der Waals surface area contributed by atoms with Gasteiger partial charge in [0.2, 0.25) is 0 Å². The third-order valence-corrected chi connectivity index (χ3v) is 5.31. The summed E-state index contributed by atoms with van der Waals surface area (Å²) in [4.78, 5) is 9.62. The Bertz CT molecular complexity index is 380. The number of aliphatic imine (C=N–C) groups is 1. The van der Waals surface area contributed by atoms with Gasteiger partial charge in [-0.3, -0.25) is 9.89 Å². The van der Waals surface area contributed by atoms with E-state index in [1.165, 1.54) is 38.9 Å². The smallest absolute Gasteiger partial charge is 0.188 e. The number of piperidine rings is 1. The number of halogens is 1. The largest absolute Gasteiger partial charge is 0.379 e. The van der Waals surface area contributed by atoms with Crippen LogP contribution in [-0.2, 0) is 4.74 Å². The predicted molar refractivity (Wildman–Crippen MR) is 120 cm³/mol. The number of guanidine groups is 1. The molecule has 0 aliphatic carbocycles. The molecule has 26 heavy (non-hydrogen) atoms. The number of rotatable bonds is 9. The fraction of sp³-hybridized carbons (Fsp3) is 0.947. The summed E-state index contributed by atoms with van der Waals surface area (Å²) in [5.74, 6) is 2.12. The second-order valence-corrected chi connectivity index (χ2v) is 7.93. The highest BCUT2D eigenvalue weighted by Gasteiger charge is 2.18. The molecule has 0 bridgehead atoms. The Kier molecular flexibility index (Phi) is 12.8. The SMILES string of the molecule is CC(C)CCN1CCC(CN=C(N)NCCCN2CCOCC2)CC1.I. The van der Waals surface area contributed by atoms with E-state index >= 15 is 0 Å². The van der Waals surface area contributed by atoms with E-state index in [1.54, 1.807) is 0 Å². The highest BCUT2D eigenvalue weighted by Crippen LogP contribution is 2.18. The molecule has 0 amide bonds. The molecule has 0 atom stereocenters. The summed E-state index contributed by atoms with van der Waals surface area (Å²) in [6.07, 6.45) is 4.92. The zero-order valence-corrected chi connectivity index (χ0v) is 19.1. The summed E-state index contributed by atoms with van der Waals surface area (Å²) in [5, 5.41) is 3.26. The Morgan fingerprint density at radius 3 is 2.42 bits per heavy atom. The molecule has 0 aromatic rings. The van der Waals surface area contributed by atoms with Gasteiger partial charge in [-0.25, -0.2) is 0 Å². The monoisotopic (exact) mass is 481 g/mol. The number of morpholine rings is 1. The molecule has 7 heteroatoms. The van der Waals surface area contributed by atoms with Gasteiger partial charge in [-0.05, 0) is 63.7 Å². The Labute approximate surface area is 177 Å². The lowest BCUT2D eigenvalue weighted by molar-refractivity contribution is 0.0376. The first-order chi connectivity index (χ1) is 12.1. The van der Waals surface area contributed by atoms with Gasteiger partial charge >= 0.3 is 0 Å². The number of nitrogens with zero attached hydrogens (tertiary/aromatic N) is 3. The van der Waals surface area contributed by atoms with Crippen LogP contribution in [0.3, 0.4) is 0 Å². The average molecular weight is 481 g/mol. The number of hydrogen-bond acceptors (Lipinski definition) is 4. The van der Waals surface area contributed by atoms with E-state index < -0.39 is 0 Å². The van der Waals surface area contributed by atoms with Gasteiger partial charge in [-0.2, -0.15) is 0 Å². The van der Waals surface area contributed by atoms with Crippen LogP contribution in [0.1, 0.15) is 39.5 Å². The van der Waals surface area contributed by atoms with Crippen molar-refractivity contribution in [2.24, 2.45) is 22.6 Å². The maximum atomic E-state index is 6.01. The third kappa shape index (κ3) is 10.3. The minimum absolute atomic E-state index is 0. The second kappa shape index (κ2) is 14.0. The maximum absolute atomic E-state index is 6.01. The lowest BCUT2D eigenvalue weighted by Crippen LogP contribution is -2.39.